The van der Waals surface area contributed by atoms with E-state index >= 15 is 0 Å². The van der Waals surface area contributed by atoms with Gasteiger partial charge in [0.1, 0.15) is 11.5 Å². The molecule has 0 aliphatic heterocycles. The van der Waals surface area contributed by atoms with Gasteiger partial charge in [-0.05, 0) is 36.4 Å². The Hall–Kier alpha value is -3.98. The molecule has 8 nitrogen and oxygen atoms in total. The highest BCUT2D eigenvalue weighted by molar-refractivity contribution is 7.14. The van der Waals surface area contributed by atoms with Gasteiger partial charge in [-0.1, -0.05) is 24.3 Å². The van der Waals surface area contributed by atoms with E-state index in [1.165, 1.54) is 11.3 Å². The van der Waals surface area contributed by atoms with E-state index in [4.69, 9.17) is 4.42 Å². The van der Waals surface area contributed by atoms with Crippen LogP contribution in [0, 0.1) is 0 Å². The second-order valence-corrected chi connectivity index (χ2v) is 8.04. The Morgan fingerprint density at radius 1 is 1.03 bits per heavy atom. The van der Waals surface area contributed by atoms with Crippen LogP contribution in [-0.4, -0.2) is 33.2 Å². The number of hydrogen-bond acceptors (Lipinski definition) is 7. The number of thiazole rings is 1. The smallest absolute Gasteiger partial charge is 0.273 e. The van der Waals surface area contributed by atoms with Crippen molar-refractivity contribution in [3.63, 3.8) is 0 Å². The van der Waals surface area contributed by atoms with Gasteiger partial charge in [0.25, 0.3) is 5.91 Å². The minimum absolute atomic E-state index is 0.151. The van der Waals surface area contributed by atoms with Crippen molar-refractivity contribution in [3.8, 4) is 0 Å². The van der Waals surface area contributed by atoms with Crippen LogP contribution >= 0.6 is 11.3 Å². The molecule has 0 saturated carbocycles. The lowest BCUT2D eigenvalue weighted by Gasteiger charge is -2.20. The molecule has 33 heavy (non-hydrogen) atoms. The van der Waals surface area contributed by atoms with E-state index < -0.39 is 0 Å². The van der Waals surface area contributed by atoms with E-state index in [1.54, 1.807) is 34.9 Å². The average Bonchev–Trinajstić information content (AvgIpc) is 3.53. The first-order valence-electron chi connectivity index (χ1n) is 10.4. The highest BCUT2D eigenvalue weighted by Crippen LogP contribution is 2.22. The molecule has 168 valence electrons. The van der Waals surface area contributed by atoms with Crippen LogP contribution in [0.2, 0.25) is 0 Å². The summed E-state index contributed by atoms with van der Waals surface area (Å²) in [6.45, 7) is 0.817. The highest BCUT2D eigenvalue weighted by Gasteiger charge is 2.21. The van der Waals surface area contributed by atoms with Crippen LogP contribution in [0.5, 0.6) is 0 Å². The third-order valence-electron chi connectivity index (χ3n) is 4.76. The Bertz CT molecular complexity index is 1160. The summed E-state index contributed by atoms with van der Waals surface area (Å²) < 4.78 is 5.41. The van der Waals surface area contributed by atoms with Crippen molar-refractivity contribution in [2.24, 2.45) is 0 Å². The van der Waals surface area contributed by atoms with Crippen LogP contribution in [-0.2, 0) is 17.9 Å². The van der Waals surface area contributed by atoms with Gasteiger partial charge in [-0.3, -0.25) is 14.6 Å². The van der Waals surface area contributed by atoms with Crippen molar-refractivity contribution < 1.29 is 14.0 Å². The van der Waals surface area contributed by atoms with Crippen molar-refractivity contribution in [1.82, 2.24) is 20.2 Å². The number of rotatable bonds is 10. The number of hydrogen-bond donors (Lipinski definition) is 2. The summed E-state index contributed by atoms with van der Waals surface area (Å²) in [5.41, 5.74) is 1.98. The topological polar surface area (TPSA) is 100 Å². The van der Waals surface area contributed by atoms with Crippen LogP contribution in [0.25, 0.3) is 0 Å². The van der Waals surface area contributed by atoms with Crippen LogP contribution in [0.1, 0.15) is 28.4 Å². The molecule has 0 bridgehead atoms. The van der Waals surface area contributed by atoms with Crippen LogP contribution < -0.4 is 10.6 Å². The van der Waals surface area contributed by atoms with Crippen LogP contribution in [0.3, 0.4) is 0 Å². The molecule has 0 fully saturated rings. The Balaban J connectivity index is 1.38. The van der Waals surface area contributed by atoms with Crippen LogP contribution in [0.15, 0.2) is 82.9 Å². The average molecular weight is 462 g/mol. The van der Waals surface area contributed by atoms with Crippen molar-refractivity contribution >= 4 is 34.0 Å². The third-order valence-corrected chi connectivity index (χ3v) is 5.52. The summed E-state index contributed by atoms with van der Waals surface area (Å²) in [5, 5.41) is 8.36. The fourth-order valence-electron chi connectivity index (χ4n) is 3.10. The molecule has 9 heteroatoms. The van der Waals surface area contributed by atoms with Gasteiger partial charge in [0, 0.05) is 30.2 Å². The van der Waals surface area contributed by atoms with Crippen molar-refractivity contribution in [1.29, 1.82) is 0 Å². The van der Waals surface area contributed by atoms with Gasteiger partial charge in [-0.25, -0.2) is 4.98 Å². The number of carbonyl (C=O) groups excluding carboxylic acids is 2. The molecule has 1 aromatic carbocycles. The molecule has 3 heterocycles. The van der Waals surface area contributed by atoms with Crippen molar-refractivity contribution in [2.75, 3.05) is 11.9 Å². The fourth-order valence-corrected chi connectivity index (χ4v) is 3.80. The molecule has 0 aliphatic carbocycles. The SMILES string of the molecule is O=C(CCN(Cc1ccco1)C(=O)c1csc(Nc2ccccc2)n1)NCc1ccccn1. The summed E-state index contributed by atoms with van der Waals surface area (Å²) in [5.74, 6) is 0.207. The molecule has 0 aliphatic rings. The molecule has 4 rings (SSSR count). The van der Waals surface area contributed by atoms with Gasteiger partial charge in [0.15, 0.2) is 5.13 Å². The van der Waals surface area contributed by atoms with Crippen LogP contribution in [0.4, 0.5) is 10.8 Å². The van der Waals surface area contributed by atoms with Gasteiger partial charge in [-0.2, -0.15) is 0 Å². The number of benzene rings is 1. The number of nitrogens with zero attached hydrogens (tertiary/aromatic N) is 3. The number of nitrogens with one attached hydrogen (secondary N) is 2. The minimum Gasteiger partial charge on any atom is -0.467 e. The second-order valence-electron chi connectivity index (χ2n) is 7.18. The summed E-state index contributed by atoms with van der Waals surface area (Å²) in [6.07, 6.45) is 3.39. The number of anilines is 2. The minimum atomic E-state index is -0.263. The summed E-state index contributed by atoms with van der Waals surface area (Å²) in [6, 6.07) is 18.7. The Kier molecular flexibility index (Phi) is 7.44. The molecular formula is C24H23N5O3S. The molecule has 0 saturated heterocycles. The molecule has 0 atom stereocenters. The zero-order chi connectivity index (χ0) is 22.9. The number of furan rings is 1. The maximum absolute atomic E-state index is 13.2. The summed E-state index contributed by atoms with van der Waals surface area (Å²) in [4.78, 5) is 35.8. The standard InChI is InChI=1S/C24H23N5O3S/c30-22(26-15-19-9-4-5-12-25-19)11-13-29(16-20-10-6-14-32-20)23(31)21-17-33-24(28-21)27-18-7-2-1-3-8-18/h1-10,12,14,17H,11,13,15-16H2,(H,26,30)(H,27,28). The first-order valence-corrected chi connectivity index (χ1v) is 11.3. The van der Waals surface area contributed by atoms with E-state index in [-0.39, 0.29) is 31.3 Å². The fraction of sp³-hybridized carbons (Fsp3) is 0.167. The van der Waals surface area contributed by atoms with Gasteiger partial charge in [0.05, 0.1) is 25.0 Å². The lowest BCUT2D eigenvalue weighted by molar-refractivity contribution is -0.121. The lowest BCUT2D eigenvalue weighted by Crippen LogP contribution is -2.35. The molecule has 0 spiro atoms. The molecule has 2 amide bonds. The predicted molar refractivity (Wildman–Crippen MR) is 126 cm³/mol. The monoisotopic (exact) mass is 461 g/mol. The van der Waals surface area contributed by atoms with Gasteiger partial charge in [-0.15, -0.1) is 11.3 Å². The molecule has 0 radical (unpaired) electrons. The molecule has 3 aromatic heterocycles. The maximum Gasteiger partial charge on any atom is 0.273 e. The molecule has 0 unspecified atom stereocenters. The highest BCUT2D eigenvalue weighted by atomic mass is 32.1. The second kappa shape index (κ2) is 11.1. The van der Waals surface area contributed by atoms with Crippen molar-refractivity contribution in [3.05, 3.63) is 95.7 Å². The number of aromatic nitrogens is 2. The van der Waals surface area contributed by atoms with Gasteiger partial charge >= 0.3 is 0 Å². The third kappa shape index (κ3) is 6.50. The summed E-state index contributed by atoms with van der Waals surface area (Å²) >= 11 is 1.35. The first-order chi connectivity index (χ1) is 16.2. The first kappa shape index (κ1) is 22.2. The number of para-hydroxylation sites is 1. The quantitative estimate of drug-likeness (QED) is 0.367. The zero-order valence-electron chi connectivity index (χ0n) is 17.8. The Labute approximate surface area is 195 Å². The number of pyridine rings is 1. The molecule has 2 N–H and O–H groups in total. The normalized spacial score (nSPS) is 10.5. The van der Waals surface area contributed by atoms with E-state index in [0.29, 0.717) is 23.1 Å². The van der Waals surface area contributed by atoms with E-state index in [1.807, 2.05) is 48.5 Å². The van der Waals surface area contributed by atoms with Crippen molar-refractivity contribution in [2.45, 2.75) is 19.5 Å². The van der Waals surface area contributed by atoms with Gasteiger partial charge < -0.3 is 20.0 Å². The Morgan fingerprint density at radius 3 is 2.64 bits per heavy atom. The summed E-state index contributed by atoms with van der Waals surface area (Å²) in [7, 11) is 0. The lowest BCUT2D eigenvalue weighted by atomic mass is 10.3. The zero-order valence-corrected chi connectivity index (χ0v) is 18.6. The predicted octanol–water partition coefficient (Wildman–Crippen LogP) is 4.22. The number of amides is 2. The van der Waals surface area contributed by atoms with E-state index in [2.05, 4.69) is 20.6 Å². The van der Waals surface area contributed by atoms with E-state index in [0.717, 1.165) is 11.4 Å². The molecular weight excluding hydrogens is 438 g/mol. The molecule has 4 aromatic rings. The van der Waals surface area contributed by atoms with E-state index in [9.17, 15) is 9.59 Å². The Morgan fingerprint density at radius 2 is 1.88 bits per heavy atom. The van der Waals surface area contributed by atoms with Gasteiger partial charge in [0.2, 0.25) is 5.91 Å². The number of carbonyl (C=O) groups is 2. The maximum atomic E-state index is 13.2. The largest absolute Gasteiger partial charge is 0.467 e.